The van der Waals surface area contributed by atoms with Gasteiger partial charge in [-0.1, -0.05) is 37.3 Å². The number of amides is 1. The van der Waals surface area contributed by atoms with Crippen LogP contribution in [0.25, 0.3) is 22.2 Å². The lowest BCUT2D eigenvalue weighted by Gasteiger charge is -2.11. The van der Waals surface area contributed by atoms with Crippen molar-refractivity contribution in [3.05, 3.63) is 82.0 Å². The number of hydrogen-bond donors (Lipinski definition) is 1. The first-order valence-corrected chi connectivity index (χ1v) is 10.5. The lowest BCUT2D eigenvalue weighted by atomic mass is 10.0. The Labute approximate surface area is 179 Å². The number of para-hydroxylation sites is 2. The fourth-order valence-corrected chi connectivity index (χ4v) is 4.05. The van der Waals surface area contributed by atoms with Crippen LogP contribution in [0.1, 0.15) is 27.0 Å². The Morgan fingerprint density at radius 1 is 1.13 bits per heavy atom. The molecule has 5 nitrogen and oxygen atoms in total. The number of nitrogens with zero attached hydrogens (tertiary/aromatic N) is 2. The average molecular weight is 416 g/mol. The summed E-state index contributed by atoms with van der Waals surface area (Å²) in [6.45, 7) is 2.11. The number of carbonyl (C=O) groups excluding carboxylic acids is 1. The molecule has 0 fully saturated rings. The van der Waals surface area contributed by atoms with Crippen molar-refractivity contribution in [1.82, 2.24) is 10.4 Å². The van der Waals surface area contributed by atoms with Crippen LogP contribution in [-0.4, -0.2) is 24.2 Å². The van der Waals surface area contributed by atoms with E-state index in [0.717, 1.165) is 27.8 Å². The van der Waals surface area contributed by atoms with Gasteiger partial charge < -0.3 is 4.74 Å². The van der Waals surface area contributed by atoms with Crippen molar-refractivity contribution < 1.29 is 9.53 Å². The number of benzene rings is 2. The quantitative estimate of drug-likeness (QED) is 0.343. The first kappa shape index (κ1) is 19.8. The summed E-state index contributed by atoms with van der Waals surface area (Å²) in [5.41, 5.74) is 5.40. The third-order valence-corrected chi connectivity index (χ3v) is 5.90. The van der Waals surface area contributed by atoms with Crippen LogP contribution in [0.5, 0.6) is 5.75 Å². The van der Waals surface area contributed by atoms with Gasteiger partial charge in [0, 0.05) is 20.7 Å². The van der Waals surface area contributed by atoms with Gasteiger partial charge in [0.25, 0.3) is 5.91 Å². The smallest absolute Gasteiger partial charge is 0.272 e. The van der Waals surface area contributed by atoms with Crippen LogP contribution in [-0.2, 0) is 6.42 Å². The minimum atomic E-state index is -0.284. The predicted molar refractivity (Wildman–Crippen MR) is 122 cm³/mol. The van der Waals surface area contributed by atoms with Gasteiger partial charge in [0.1, 0.15) is 5.75 Å². The molecule has 4 aromatic rings. The Hall–Kier alpha value is -3.51. The Morgan fingerprint density at radius 2 is 1.93 bits per heavy atom. The van der Waals surface area contributed by atoms with Gasteiger partial charge in [-0.3, -0.25) is 4.79 Å². The summed E-state index contributed by atoms with van der Waals surface area (Å²) in [5.74, 6) is 0.419. The first-order chi connectivity index (χ1) is 14.7. The molecule has 1 amide bonds. The molecule has 0 saturated carbocycles. The summed E-state index contributed by atoms with van der Waals surface area (Å²) >= 11 is 1.66. The van der Waals surface area contributed by atoms with E-state index >= 15 is 0 Å². The molecule has 0 aliphatic rings. The molecule has 0 bridgehead atoms. The summed E-state index contributed by atoms with van der Waals surface area (Å²) < 4.78 is 5.47. The van der Waals surface area contributed by atoms with Crippen molar-refractivity contribution in [1.29, 1.82) is 0 Å². The van der Waals surface area contributed by atoms with E-state index in [9.17, 15) is 4.79 Å². The molecule has 0 saturated heterocycles. The molecule has 0 aliphatic heterocycles. The van der Waals surface area contributed by atoms with E-state index < -0.39 is 0 Å². The van der Waals surface area contributed by atoms with Crippen molar-refractivity contribution in [3.8, 4) is 17.0 Å². The van der Waals surface area contributed by atoms with Crippen LogP contribution >= 0.6 is 11.3 Å². The molecule has 30 heavy (non-hydrogen) atoms. The number of nitrogens with one attached hydrogen (secondary N) is 1. The van der Waals surface area contributed by atoms with E-state index in [0.29, 0.717) is 17.0 Å². The molecule has 150 valence electrons. The SMILES string of the molecule is CCc1ccc(/C=N\NC(=O)c2cc(-c3ccccc3OC)nc3ccccc23)s1. The van der Waals surface area contributed by atoms with Crippen molar-refractivity contribution in [2.24, 2.45) is 5.10 Å². The van der Waals surface area contributed by atoms with Gasteiger partial charge in [-0.25, -0.2) is 10.4 Å². The number of ether oxygens (including phenoxy) is 1. The number of pyridine rings is 1. The number of rotatable bonds is 6. The van der Waals surface area contributed by atoms with Crippen molar-refractivity contribution >= 4 is 34.4 Å². The van der Waals surface area contributed by atoms with Crippen LogP contribution in [0.3, 0.4) is 0 Å². The minimum Gasteiger partial charge on any atom is -0.496 e. The largest absolute Gasteiger partial charge is 0.496 e. The molecule has 0 aliphatic carbocycles. The fourth-order valence-electron chi connectivity index (χ4n) is 3.23. The maximum absolute atomic E-state index is 13.0. The highest BCUT2D eigenvalue weighted by molar-refractivity contribution is 7.13. The molecular weight excluding hydrogens is 394 g/mol. The fraction of sp³-hybridized carbons (Fsp3) is 0.125. The molecule has 0 spiro atoms. The maximum atomic E-state index is 13.0. The Morgan fingerprint density at radius 3 is 2.73 bits per heavy atom. The Kier molecular flexibility index (Phi) is 5.86. The normalized spacial score (nSPS) is 11.1. The molecule has 2 heterocycles. The molecule has 0 unspecified atom stereocenters. The number of hydrazone groups is 1. The van der Waals surface area contributed by atoms with E-state index in [1.54, 1.807) is 30.7 Å². The van der Waals surface area contributed by atoms with Crippen molar-refractivity contribution in [3.63, 3.8) is 0 Å². The summed E-state index contributed by atoms with van der Waals surface area (Å²) in [7, 11) is 1.62. The van der Waals surface area contributed by atoms with E-state index in [2.05, 4.69) is 23.5 Å². The van der Waals surface area contributed by atoms with E-state index in [1.165, 1.54) is 4.88 Å². The van der Waals surface area contributed by atoms with Gasteiger partial charge in [-0.05, 0) is 42.8 Å². The summed E-state index contributed by atoms with van der Waals surface area (Å²) in [4.78, 5) is 20.0. The molecule has 2 aromatic carbocycles. The number of aryl methyl sites for hydroxylation is 1. The Bertz CT molecular complexity index is 1230. The van der Waals surface area contributed by atoms with E-state index in [1.807, 2.05) is 54.6 Å². The van der Waals surface area contributed by atoms with E-state index in [-0.39, 0.29) is 5.91 Å². The molecule has 1 N–H and O–H groups in total. The van der Waals surface area contributed by atoms with Gasteiger partial charge in [0.05, 0.1) is 30.1 Å². The summed E-state index contributed by atoms with van der Waals surface area (Å²) in [6, 6.07) is 21.1. The van der Waals surface area contributed by atoms with Gasteiger partial charge in [-0.2, -0.15) is 5.10 Å². The van der Waals surface area contributed by atoms with Crippen LogP contribution in [0.15, 0.2) is 71.8 Å². The summed E-state index contributed by atoms with van der Waals surface area (Å²) in [5, 5.41) is 4.92. The monoisotopic (exact) mass is 415 g/mol. The van der Waals surface area contributed by atoms with Crippen LogP contribution in [0.2, 0.25) is 0 Å². The predicted octanol–water partition coefficient (Wildman–Crippen LogP) is 5.30. The number of fused-ring (bicyclic) bond motifs is 1. The highest BCUT2D eigenvalue weighted by atomic mass is 32.1. The second kappa shape index (κ2) is 8.88. The number of hydrogen-bond acceptors (Lipinski definition) is 5. The maximum Gasteiger partial charge on any atom is 0.272 e. The number of carbonyl (C=O) groups is 1. The lowest BCUT2D eigenvalue weighted by Crippen LogP contribution is -2.18. The zero-order chi connectivity index (χ0) is 20.9. The first-order valence-electron chi connectivity index (χ1n) is 9.65. The van der Waals surface area contributed by atoms with Crippen molar-refractivity contribution in [2.45, 2.75) is 13.3 Å². The molecule has 0 atom stereocenters. The number of aromatic nitrogens is 1. The molecule has 2 aromatic heterocycles. The molecular formula is C24H21N3O2S. The third-order valence-electron chi connectivity index (χ3n) is 4.73. The molecule has 0 radical (unpaired) electrons. The standard InChI is InChI=1S/C24H21N3O2S/c1-3-16-12-13-17(30-16)15-25-27-24(28)20-14-22(19-9-5-7-11-23(19)29-2)26-21-10-6-4-8-18(20)21/h4-15H,3H2,1-2H3,(H,27,28)/b25-15-. The van der Waals surface area contributed by atoms with Gasteiger partial charge in [-0.15, -0.1) is 11.3 Å². The second-order valence-corrected chi connectivity index (χ2v) is 7.83. The third kappa shape index (κ3) is 4.09. The Balaban J connectivity index is 1.69. The number of thiophene rings is 1. The highest BCUT2D eigenvalue weighted by Gasteiger charge is 2.15. The summed E-state index contributed by atoms with van der Waals surface area (Å²) in [6.07, 6.45) is 2.66. The minimum absolute atomic E-state index is 0.284. The zero-order valence-corrected chi connectivity index (χ0v) is 17.6. The zero-order valence-electron chi connectivity index (χ0n) is 16.8. The van der Waals surface area contributed by atoms with Crippen LogP contribution in [0, 0.1) is 0 Å². The van der Waals surface area contributed by atoms with Gasteiger partial charge >= 0.3 is 0 Å². The second-order valence-electron chi connectivity index (χ2n) is 6.63. The molecule has 4 rings (SSSR count). The lowest BCUT2D eigenvalue weighted by molar-refractivity contribution is 0.0956. The van der Waals surface area contributed by atoms with E-state index in [4.69, 9.17) is 9.72 Å². The molecule has 6 heteroatoms. The van der Waals surface area contributed by atoms with Crippen LogP contribution < -0.4 is 10.2 Å². The average Bonchev–Trinajstić information content (AvgIpc) is 3.26. The number of methoxy groups -OCH3 is 1. The van der Waals surface area contributed by atoms with Crippen molar-refractivity contribution in [2.75, 3.05) is 7.11 Å². The van der Waals surface area contributed by atoms with Gasteiger partial charge in [0.15, 0.2) is 0 Å². The highest BCUT2D eigenvalue weighted by Crippen LogP contribution is 2.31. The van der Waals surface area contributed by atoms with Gasteiger partial charge in [0.2, 0.25) is 0 Å². The van der Waals surface area contributed by atoms with Crippen LogP contribution in [0.4, 0.5) is 0 Å². The topological polar surface area (TPSA) is 63.6 Å².